The molecule has 3 aromatic rings. The Hall–Kier alpha value is -2.97. The fraction of sp³-hybridized carbons (Fsp3) is 0.400. The molecule has 24 heavy (non-hydrogen) atoms. The molecule has 1 fully saturated rings. The van der Waals surface area contributed by atoms with Gasteiger partial charge in [-0.05, 0) is 17.4 Å². The highest BCUT2D eigenvalue weighted by Gasteiger charge is 2.24. The summed E-state index contributed by atoms with van der Waals surface area (Å²) < 4.78 is 6.52. The first-order valence-corrected chi connectivity index (χ1v) is 7.91. The second-order valence-electron chi connectivity index (χ2n) is 5.53. The third-order valence-electron chi connectivity index (χ3n) is 4.16. The summed E-state index contributed by atoms with van der Waals surface area (Å²) in [5.41, 5.74) is 0.638. The van der Waals surface area contributed by atoms with Crippen LogP contribution in [0.3, 0.4) is 0 Å². The van der Waals surface area contributed by atoms with E-state index in [1.807, 2.05) is 31.2 Å². The summed E-state index contributed by atoms with van der Waals surface area (Å²) in [6.07, 6.45) is -0.258. The number of fused-ring (bicyclic) bond motifs is 3. The number of aromatic nitrogens is 5. The Balaban J connectivity index is 1.66. The Morgan fingerprint density at radius 2 is 1.92 bits per heavy atom. The number of rotatable bonds is 2. The van der Waals surface area contributed by atoms with Gasteiger partial charge in [0, 0.05) is 37.0 Å². The number of anilines is 1. The van der Waals surface area contributed by atoms with Crippen LogP contribution in [-0.2, 0) is 4.74 Å². The van der Waals surface area contributed by atoms with E-state index in [1.165, 1.54) is 4.63 Å². The van der Waals surface area contributed by atoms with Crippen molar-refractivity contribution >= 4 is 28.3 Å². The number of benzene rings is 1. The van der Waals surface area contributed by atoms with Gasteiger partial charge >= 0.3 is 6.09 Å². The molecule has 1 amide bonds. The molecule has 124 valence electrons. The van der Waals surface area contributed by atoms with Gasteiger partial charge in [0.05, 0.1) is 6.61 Å². The van der Waals surface area contributed by atoms with Crippen LogP contribution in [0.15, 0.2) is 24.3 Å². The van der Waals surface area contributed by atoms with Crippen LogP contribution < -0.4 is 4.90 Å². The molecule has 2 aromatic heterocycles. The van der Waals surface area contributed by atoms with Gasteiger partial charge in [-0.2, -0.15) is 0 Å². The maximum Gasteiger partial charge on any atom is 0.409 e. The minimum absolute atomic E-state index is 0.258. The lowest BCUT2D eigenvalue weighted by molar-refractivity contribution is 0.105. The monoisotopic (exact) mass is 327 g/mol. The predicted molar refractivity (Wildman–Crippen MR) is 86.9 cm³/mol. The van der Waals surface area contributed by atoms with E-state index >= 15 is 0 Å². The molecule has 1 saturated heterocycles. The van der Waals surface area contributed by atoms with Crippen LogP contribution in [0.2, 0.25) is 0 Å². The topological polar surface area (TPSA) is 88.8 Å². The van der Waals surface area contributed by atoms with Crippen LogP contribution in [0.4, 0.5) is 10.6 Å². The van der Waals surface area contributed by atoms with Gasteiger partial charge in [-0.15, -0.1) is 14.8 Å². The summed E-state index contributed by atoms with van der Waals surface area (Å²) in [7, 11) is 0. The Morgan fingerprint density at radius 1 is 1.17 bits per heavy atom. The summed E-state index contributed by atoms with van der Waals surface area (Å²) in [5.74, 6) is 0.828. The van der Waals surface area contributed by atoms with Crippen molar-refractivity contribution in [3.8, 4) is 0 Å². The maximum atomic E-state index is 11.8. The Bertz CT molecular complexity index is 886. The Kier molecular flexibility index (Phi) is 3.60. The second kappa shape index (κ2) is 5.91. The van der Waals surface area contributed by atoms with Gasteiger partial charge in [-0.25, -0.2) is 4.79 Å². The van der Waals surface area contributed by atoms with Gasteiger partial charge in [0.25, 0.3) is 0 Å². The number of carbonyl (C=O) groups excluding carboxylic acids is 1. The molecule has 0 N–H and O–H groups in total. The zero-order valence-corrected chi connectivity index (χ0v) is 13.3. The highest BCUT2D eigenvalue weighted by Crippen LogP contribution is 2.27. The molecule has 3 heterocycles. The van der Waals surface area contributed by atoms with Crippen molar-refractivity contribution in [2.24, 2.45) is 0 Å². The number of nitrogens with zero attached hydrogens (tertiary/aromatic N) is 7. The SMILES string of the molecule is CCOC(=O)N1CCN(c2nn3nnnc3c3ccccc23)CC1. The highest BCUT2D eigenvalue weighted by molar-refractivity contribution is 5.99. The van der Waals surface area contributed by atoms with E-state index in [0.717, 1.165) is 16.6 Å². The van der Waals surface area contributed by atoms with E-state index in [2.05, 4.69) is 25.5 Å². The van der Waals surface area contributed by atoms with E-state index in [0.29, 0.717) is 38.4 Å². The fourth-order valence-corrected chi connectivity index (χ4v) is 2.98. The van der Waals surface area contributed by atoms with E-state index < -0.39 is 0 Å². The molecule has 1 aromatic carbocycles. The number of ether oxygens (including phenoxy) is 1. The Morgan fingerprint density at radius 3 is 2.67 bits per heavy atom. The van der Waals surface area contributed by atoms with Crippen molar-refractivity contribution in [3.05, 3.63) is 24.3 Å². The number of piperazine rings is 1. The summed E-state index contributed by atoms with van der Waals surface area (Å²) in [4.78, 5) is 15.7. The van der Waals surface area contributed by atoms with Crippen molar-refractivity contribution in [1.29, 1.82) is 0 Å². The van der Waals surface area contributed by atoms with Crippen LogP contribution in [0.1, 0.15) is 6.92 Å². The van der Waals surface area contributed by atoms with Crippen LogP contribution in [0, 0.1) is 0 Å². The molecule has 1 aliphatic rings. The molecule has 9 heteroatoms. The standard InChI is InChI=1S/C15H17N7O2/c1-2-24-15(23)21-9-7-20(8-10-21)14-12-6-4-3-5-11(12)13-16-18-19-22(13)17-14/h3-6H,2,7-10H2,1H3. The predicted octanol–water partition coefficient (Wildman–Crippen LogP) is 0.951. The van der Waals surface area contributed by atoms with Crippen molar-refractivity contribution in [2.45, 2.75) is 6.92 Å². The van der Waals surface area contributed by atoms with E-state index in [-0.39, 0.29) is 6.09 Å². The highest BCUT2D eigenvalue weighted by atomic mass is 16.6. The van der Waals surface area contributed by atoms with Crippen molar-refractivity contribution in [2.75, 3.05) is 37.7 Å². The van der Waals surface area contributed by atoms with Gasteiger partial charge in [0.2, 0.25) is 5.65 Å². The summed E-state index contributed by atoms with van der Waals surface area (Å²) >= 11 is 0. The molecule has 0 bridgehead atoms. The van der Waals surface area contributed by atoms with Gasteiger partial charge in [0.1, 0.15) is 0 Å². The second-order valence-corrected chi connectivity index (χ2v) is 5.53. The third kappa shape index (κ3) is 2.38. The lowest BCUT2D eigenvalue weighted by atomic mass is 10.1. The normalized spacial score (nSPS) is 15.2. The van der Waals surface area contributed by atoms with Gasteiger partial charge in [0.15, 0.2) is 5.82 Å². The van der Waals surface area contributed by atoms with E-state index in [4.69, 9.17) is 4.74 Å². The van der Waals surface area contributed by atoms with Crippen molar-refractivity contribution < 1.29 is 9.53 Å². The zero-order valence-electron chi connectivity index (χ0n) is 13.3. The van der Waals surface area contributed by atoms with Crippen molar-refractivity contribution in [1.82, 2.24) is 30.2 Å². The van der Waals surface area contributed by atoms with E-state index in [9.17, 15) is 4.79 Å². The summed E-state index contributed by atoms with van der Waals surface area (Å²) in [6, 6.07) is 7.94. The van der Waals surface area contributed by atoms with Gasteiger partial charge < -0.3 is 14.5 Å². The van der Waals surface area contributed by atoms with Crippen LogP contribution in [-0.4, -0.2) is 69.0 Å². The average molecular weight is 327 g/mol. The molecule has 0 spiro atoms. The number of carbonyl (C=O) groups is 1. The maximum absolute atomic E-state index is 11.8. The van der Waals surface area contributed by atoms with Crippen molar-refractivity contribution in [3.63, 3.8) is 0 Å². The molecular weight excluding hydrogens is 310 g/mol. The van der Waals surface area contributed by atoms with Crippen LogP contribution in [0.25, 0.3) is 16.4 Å². The molecule has 1 aliphatic heterocycles. The molecule has 4 rings (SSSR count). The zero-order chi connectivity index (χ0) is 16.5. The molecule has 0 saturated carbocycles. The lowest BCUT2D eigenvalue weighted by Gasteiger charge is -2.35. The van der Waals surface area contributed by atoms with E-state index in [1.54, 1.807) is 4.90 Å². The fourth-order valence-electron chi connectivity index (χ4n) is 2.98. The average Bonchev–Trinajstić information content (AvgIpc) is 3.10. The first-order chi connectivity index (χ1) is 11.8. The minimum Gasteiger partial charge on any atom is -0.450 e. The number of hydrogen-bond donors (Lipinski definition) is 0. The number of tetrazole rings is 1. The third-order valence-corrected chi connectivity index (χ3v) is 4.16. The smallest absolute Gasteiger partial charge is 0.409 e. The number of hydrogen-bond acceptors (Lipinski definition) is 7. The molecular formula is C15H17N7O2. The summed E-state index contributed by atoms with van der Waals surface area (Å²) in [5, 5.41) is 18.2. The molecule has 0 atom stereocenters. The number of amides is 1. The largest absolute Gasteiger partial charge is 0.450 e. The van der Waals surface area contributed by atoms with Crippen LogP contribution in [0.5, 0.6) is 0 Å². The first kappa shape index (κ1) is 14.6. The molecule has 0 radical (unpaired) electrons. The Labute approximate surface area is 137 Å². The molecule has 9 nitrogen and oxygen atoms in total. The summed E-state index contributed by atoms with van der Waals surface area (Å²) in [6.45, 7) is 4.77. The van der Waals surface area contributed by atoms with Gasteiger partial charge in [-0.3, -0.25) is 0 Å². The first-order valence-electron chi connectivity index (χ1n) is 7.91. The van der Waals surface area contributed by atoms with Crippen LogP contribution >= 0.6 is 0 Å². The molecule has 0 aliphatic carbocycles. The lowest BCUT2D eigenvalue weighted by Crippen LogP contribution is -2.49. The quantitative estimate of drug-likeness (QED) is 0.692. The minimum atomic E-state index is -0.258. The molecule has 0 unspecified atom stereocenters. The van der Waals surface area contributed by atoms with Gasteiger partial charge in [-0.1, -0.05) is 24.3 Å².